The number of amides is 1. The van der Waals surface area contributed by atoms with Gasteiger partial charge in [-0.2, -0.15) is 0 Å². The molecule has 0 saturated heterocycles. The van der Waals surface area contributed by atoms with Crippen molar-refractivity contribution in [3.63, 3.8) is 0 Å². The maximum Gasteiger partial charge on any atom is 0.230 e. The Morgan fingerprint density at radius 3 is 3.04 bits per heavy atom. The lowest BCUT2D eigenvalue weighted by Gasteiger charge is -2.26. The van der Waals surface area contributed by atoms with Gasteiger partial charge in [-0.25, -0.2) is 4.68 Å². The van der Waals surface area contributed by atoms with E-state index in [9.17, 15) is 4.79 Å². The summed E-state index contributed by atoms with van der Waals surface area (Å²) in [4.78, 5) is 12.4. The van der Waals surface area contributed by atoms with E-state index in [2.05, 4.69) is 27.6 Å². The Balaban J connectivity index is 1.38. The number of benzene rings is 1. The zero-order valence-corrected chi connectivity index (χ0v) is 14.9. The molecule has 1 aliphatic rings. The van der Waals surface area contributed by atoms with Crippen molar-refractivity contribution in [3.8, 4) is 11.6 Å². The number of thioether (sulfide) groups is 1. The van der Waals surface area contributed by atoms with Gasteiger partial charge in [0.2, 0.25) is 16.9 Å². The molecule has 26 heavy (non-hydrogen) atoms. The summed E-state index contributed by atoms with van der Waals surface area (Å²) in [5.74, 6) is 7.16. The number of hydrogen-bond donors (Lipinski definition) is 2. The maximum absolute atomic E-state index is 12.4. The number of fused-ring (bicyclic) bond motifs is 1. The lowest BCUT2D eigenvalue weighted by Crippen LogP contribution is -2.32. The average molecular weight is 369 g/mol. The molecule has 7 nitrogen and oxygen atoms in total. The van der Waals surface area contributed by atoms with Crippen LogP contribution in [0.15, 0.2) is 52.2 Å². The van der Waals surface area contributed by atoms with Crippen molar-refractivity contribution in [1.29, 1.82) is 0 Å². The normalized spacial score (nSPS) is 16.2. The predicted molar refractivity (Wildman–Crippen MR) is 98.9 cm³/mol. The standard InChI is InChI=1S/C18H19N5O2S/c19-23-17(15-9-4-10-25-15)21-22-18(23)26-11-16(24)20-14-8-3-6-12-5-1-2-7-13(12)14/h1-2,4-5,7,9-10,14H,3,6,8,11,19H2,(H,20,24). The van der Waals surface area contributed by atoms with Crippen molar-refractivity contribution in [2.24, 2.45) is 0 Å². The maximum atomic E-state index is 12.4. The van der Waals surface area contributed by atoms with Gasteiger partial charge < -0.3 is 15.6 Å². The van der Waals surface area contributed by atoms with Crippen LogP contribution in [0.5, 0.6) is 0 Å². The van der Waals surface area contributed by atoms with Gasteiger partial charge >= 0.3 is 0 Å². The first kappa shape index (κ1) is 16.7. The predicted octanol–water partition coefficient (Wildman–Crippen LogP) is 2.54. The summed E-state index contributed by atoms with van der Waals surface area (Å²) in [7, 11) is 0. The lowest BCUT2D eigenvalue weighted by atomic mass is 9.88. The van der Waals surface area contributed by atoms with E-state index in [0.29, 0.717) is 16.7 Å². The first-order valence-electron chi connectivity index (χ1n) is 8.46. The van der Waals surface area contributed by atoms with Gasteiger partial charge in [-0.05, 0) is 42.5 Å². The summed E-state index contributed by atoms with van der Waals surface area (Å²) < 4.78 is 6.62. The molecule has 0 spiro atoms. The number of furan rings is 1. The van der Waals surface area contributed by atoms with E-state index in [0.717, 1.165) is 19.3 Å². The lowest BCUT2D eigenvalue weighted by molar-refractivity contribution is -0.119. The van der Waals surface area contributed by atoms with Gasteiger partial charge in [-0.15, -0.1) is 10.2 Å². The van der Waals surface area contributed by atoms with Crippen LogP contribution in [0.2, 0.25) is 0 Å². The summed E-state index contributed by atoms with van der Waals surface area (Å²) in [6, 6.07) is 11.9. The van der Waals surface area contributed by atoms with Crippen LogP contribution in [-0.4, -0.2) is 26.5 Å². The second kappa shape index (κ2) is 7.25. The molecule has 1 unspecified atom stereocenters. The highest BCUT2D eigenvalue weighted by molar-refractivity contribution is 7.99. The monoisotopic (exact) mass is 369 g/mol. The number of aryl methyl sites for hydroxylation is 1. The summed E-state index contributed by atoms with van der Waals surface area (Å²) >= 11 is 1.25. The van der Waals surface area contributed by atoms with E-state index in [1.165, 1.54) is 27.6 Å². The van der Waals surface area contributed by atoms with Gasteiger partial charge in [0, 0.05) is 0 Å². The molecule has 4 rings (SSSR count). The van der Waals surface area contributed by atoms with Crippen LogP contribution in [0.3, 0.4) is 0 Å². The minimum absolute atomic E-state index is 0.0424. The molecule has 8 heteroatoms. The fourth-order valence-electron chi connectivity index (χ4n) is 3.22. The summed E-state index contributed by atoms with van der Waals surface area (Å²) in [5, 5.41) is 11.7. The average Bonchev–Trinajstić information content (AvgIpc) is 3.30. The molecule has 3 aromatic rings. The molecule has 2 heterocycles. The Kier molecular flexibility index (Phi) is 4.66. The van der Waals surface area contributed by atoms with Crippen molar-refractivity contribution in [2.75, 3.05) is 11.6 Å². The number of carbonyl (C=O) groups excluding carboxylic acids is 1. The van der Waals surface area contributed by atoms with Crippen molar-refractivity contribution >= 4 is 17.7 Å². The van der Waals surface area contributed by atoms with Gasteiger partial charge in [-0.1, -0.05) is 36.0 Å². The minimum Gasteiger partial charge on any atom is -0.461 e. The molecule has 0 bridgehead atoms. The second-order valence-electron chi connectivity index (χ2n) is 6.15. The smallest absolute Gasteiger partial charge is 0.230 e. The molecule has 1 atom stereocenters. The zero-order chi connectivity index (χ0) is 17.9. The van der Waals surface area contributed by atoms with Crippen LogP contribution in [0.1, 0.15) is 30.0 Å². The van der Waals surface area contributed by atoms with E-state index < -0.39 is 0 Å². The Morgan fingerprint density at radius 2 is 2.19 bits per heavy atom. The summed E-state index contributed by atoms with van der Waals surface area (Å²) in [6.07, 6.45) is 4.66. The van der Waals surface area contributed by atoms with E-state index >= 15 is 0 Å². The number of nitrogens with zero attached hydrogens (tertiary/aromatic N) is 3. The van der Waals surface area contributed by atoms with Gasteiger partial charge in [-0.3, -0.25) is 4.79 Å². The van der Waals surface area contributed by atoms with Gasteiger partial charge in [0.25, 0.3) is 0 Å². The van der Waals surface area contributed by atoms with Crippen LogP contribution in [0.4, 0.5) is 0 Å². The number of nitrogen functional groups attached to an aromatic ring is 1. The minimum atomic E-state index is -0.0424. The molecule has 0 aliphatic heterocycles. The fourth-order valence-corrected chi connectivity index (χ4v) is 3.89. The molecule has 1 amide bonds. The van der Waals surface area contributed by atoms with Gasteiger partial charge in [0.15, 0.2) is 5.76 Å². The van der Waals surface area contributed by atoms with Crippen LogP contribution in [0, 0.1) is 0 Å². The number of carbonyl (C=O) groups is 1. The van der Waals surface area contributed by atoms with Gasteiger partial charge in [0.1, 0.15) is 0 Å². The Labute approximate surface area is 154 Å². The number of aromatic nitrogens is 3. The molecular weight excluding hydrogens is 350 g/mol. The van der Waals surface area contributed by atoms with Gasteiger partial charge in [0.05, 0.1) is 18.1 Å². The quantitative estimate of drug-likeness (QED) is 0.530. The highest BCUT2D eigenvalue weighted by Crippen LogP contribution is 2.29. The Hall–Kier alpha value is -2.74. The number of hydrogen-bond acceptors (Lipinski definition) is 6. The molecule has 3 N–H and O–H groups in total. The Bertz CT molecular complexity index is 906. The largest absolute Gasteiger partial charge is 0.461 e. The summed E-state index contributed by atoms with van der Waals surface area (Å²) in [6.45, 7) is 0. The van der Waals surface area contributed by atoms with E-state index in [1.54, 1.807) is 18.4 Å². The van der Waals surface area contributed by atoms with Crippen LogP contribution in [0.25, 0.3) is 11.6 Å². The molecule has 1 aromatic carbocycles. The molecule has 1 aliphatic carbocycles. The van der Waals surface area contributed by atoms with Crippen LogP contribution in [-0.2, 0) is 11.2 Å². The van der Waals surface area contributed by atoms with Crippen LogP contribution >= 0.6 is 11.8 Å². The number of rotatable bonds is 5. The first-order chi connectivity index (χ1) is 12.7. The summed E-state index contributed by atoms with van der Waals surface area (Å²) in [5.41, 5.74) is 2.54. The second-order valence-corrected chi connectivity index (χ2v) is 7.10. The highest BCUT2D eigenvalue weighted by atomic mass is 32.2. The van der Waals surface area contributed by atoms with E-state index in [4.69, 9.17) is 10.3 Å². The van der Waals surface area contributed by atoms with E-state index in [-0.39, 0.29) is 17.7 Å². The van der Waals surface area contributed by atoms with Crippen molar-refractivity contribution in [1.82, 2.24) is 20.2 Å². The molecular formula is C18H19N5O2S. The number of nitrogens with one attached hydrogen (secondary N) is 1. The van der Waals surface area contributed by atoms with E-state index in [1.807, 2.05) is 12.1 Å². The third kappa shape index (κ3) is 3.32. The molecule has 0 radical (unpaired) electrons. The topological polar surface area (TPSA) is 99.0 Å². The SMILES string of the molecule is Nn1c(SCC(=O)NC2CCCc3ccccc32)nnc1-c1ccco1. The number of nitrogens with two attached hydrogens (primary N) is 1. The first-order valence-corrected chi connectivity index (χ1v) is 9.45. The molecule has 134 valence electrons. The molecule has 0 saturated carbocycles. The zero-order valence-electron chi connectivity index (χ0n) is 14.1. The fraction of sp³-hybridized carbons (Fsp3) is 0.278. The molecule has 0 fully saturated rings. The van der Waals surface area contributed by atoms with Crippen molar-refractivity contribution in [2.45, 2.75) is 30.5 Å². The highest BCUT2D eigenvalue weighted by Gasteiger charge is 2.22. The molecule has 2 aromatic heterocycles. The van der Waals surface area contributed by atoms with Crippen molar-refractivity contribution in [3.05, 3.63) is 53.8 Å². The Morgan fingerprint density at radius 1 is 1.31 bits per heavy atom. The van der Waals surface area contributed by atoms with Crippen molar-refractivity contribution < 1.29 is 9.21 Å². The third-order valence-corrected chi connectivity index (χ3v) is 5.39. The third-order valence-electron chi connectivity index (χ3n) is 4.44. The van der Waals surface area contributed by atoms with Crippen LogP contribution < -0.4 is 11.2 Å².